The van der Waals surface area contributed by atoms with E-state index in [1.54, 1.807) is 0 Å². The van der Waals surface area contributed by atoms with Gasteiger partial charge in [-0.25, -0.2) is 0 Å². The number of carbonyl (C=O) groups excluding carboxylic acids is 1. The quantitative estimate of drug-likeness (QED) is 0.516. The molecule has 1 heterocycles. The molecular weight excluding hydrogens is 142 g/mol. The van der Waals surface area contributed by atoms with E-state index in [0.29, 0.717) is 12.6 Å². The van der Waals surface area contributed by atoms with Gasteiger partial charge >= 0.3 is 5.97 Å². The van der Waals surface area contributed by atoms with Crippen LogP contribution in [-0.2, 0) is 9.53 Å². The maximum Gasteiger partial charge on any atom is 0.320 e. The summed E-state index contributed by atoms with van der Waals surface area (Å²) in [4.78, 5) is 10.8. The van der Waals surface area contributed by atoms with E-state index >= 15 is 0 Å². The monoisotopic (exact) mass is 155 g/mol. The van der Waals surface area contributed by atoms with Gasteiger partial charge in [0.25, 0.3) is 0 Å². The second kappa shape index (κ2) is 2.81. The van der Waals surface area contributed by atoms with Crippen LogP contribution in [-0.4, -0.2) is 24.7 Å². The van der Waals surface area contributed by atoms with Crippen molar-refractivity contribution in [2.24, 2.45) is 0 Å². The normalized spacial score (nSPS) is 37.6. The highest BCUT2D eigenvalue weighted by Gasteiger charge is 2.31. The first-order valence-electron chi connectivity index (χ1n) is 4.29. The van der Waals surface area contributed by atoms with E-state index in [9.17, 15) is 4.79 Å². The van der Waals surface area contributed by atoms with E-state index in [4.69, 9.17) is 4.74 Å². The molecule has 2 rings (SSSR count). The minimum absolute atomic E-state index is 0.0897. The number of esters is 1. The lowest BCUT2D eigenvalue weighted by molar-refractivity contribution is -0.156. The summed E-state index contributed by atoms with van der Waals surface area (Å²) < 4.78 is 5.19. The number of nitrogens with one attached hydrogen (secondary N) is 1. The molecule has 0 amide bonds. The molecule has 1 aliphatic carbocycles. The number of hydrogen-bond donors (Lipinski definition) is 1. The third-order valence-corrected chi connectivity index (χ3v) is 2.49. The van der Waals surface area contributed by atoms with Crippen LogP contribution in [0, 0.1) is 0 Å². The first-order valence-corrected chi connectivity index (χ1v) is 4.29. The Morgan fingerprint density at radius 2 is 2.18 bits per heavy atom. The molecule has 2 aliphatic rings. The predicted octanol–water partition coefficient (Wildman–Crippen LogP) is 0.444. The van der Waals surface area contributed by atoms with Crippen molar-refractivity contribution in [3.63, 3.8) is 0 Å². The molecule has 3 heteroatoms. The van der Waals surface area contributed by atoms with Gasteiger partial charge in [0.15, 0.2) is 0 Å². The lowest BCUT2D eigenvalue weighted by Gasteiger charge is -2.35. The van der Waals surface area contributed by atoms with Gasteiger partial charge in [0.05, 0.1) is 6.54 Å². The van der Waals surface area contributed by atoms with Gasteiger partial charge in [0.2, 0.25) is 0 Å². The highest BCUT2D eigenvalue weighted by atomic mass is 16.5. The standard InChI is InChI=1S/C8H13NO2/c10-8-5-9-6-3-1-2-4-7(6)11-8/h6-7,9H,1-5H2/t6-,7+/m1/s1. The van der Waals surface area contributed by atoms with Crippen LogP contribution in [0.5, 0.6) is 0 Å². The number of rotatable bonds is 0. The van der Waals surface area contributed by atoms with Gasteiger partial charge in [-0.05, 0) is 19.3 Å². The summed E-state index contributed by atoms with van der Waals surface area (Å²) in [5.74, 6) is -0.0897. The molecule has 1 aliphatic heterocycles. The third-order valence-electron chi connectivity index (χ3n) is 2.49. The molecule has 1 N–H and O–H groups in total. The van der Waals surface area contributed by atoms with Crippen LogP contribution in [0.4, 0.5) is 0 Å². The van der Waals surface area contributed by atoms with E-state index in [1.165, 1.54) is 12.8 Å². The summed E-state index contributed by atoms with van der Waals surface area (Å²) >= 11 is 0. The topological polar surface area (TPSA) is 38.3 Å². The molecule has 11 heavy (non-hydrogen) atoms. The Morgan fingerprint density at radius 3 is 3.09 bits per heavy atom. The molecule has 0 unspecified atom stereocenters. The predicted molar refractivity (Wildman–Crippen MR) is 40.1 cm³/mol. The summed E-state index contributed by atoms with van der Waals surface area (Å²) in [6.07, 6.45) is 4.86. The molecule has 2 atom stereocenters. The van der Waals surface area contributed by atoms with Crippen molar-refractivity contribution in [3.05, 3.63) is 0 Å². The summed E-state index contributed by atoms with van der Waals surface area (Å²) in [7, 11) is 0. The van der Waals surface area contributed by atoms with Crippen molar-refractivity contribution in [3.8, 4) is 0 Å². The second-order valence-corrected chi connectivity index (χ2v) is 3.30. The van der Waals surface area contributed by atoms with Gasteiger partial charge in [-0.15, -0.1) is 0 Å². The van der Waals surface area contributed by atoms with E-state index in [2.05, 4.69) is 5.32 Å². The van der Waals surface area contributed by atoms with Crippen molar-refractivity contribution in [2.75, 3.05) is 6.54 Å². The van der Waals surface area contributed by atoms with E-state index in [1.807, 2.05) is 0 Å². The smallest absolute Gasteiger partial charge is 0.320 e. The first-order chi connectivity index (χ1) is 5.36. The molecule has 0 spiro atoms. The van der Waals surface area contributed by atoms with E-state index < -0.39 is 0 Å². The number of morpholine rings is 1. The van der Waals surface area contributed by atoms with Gasteiger partial charge < -0.3 is 10.1 Å². The molecule has 0 aromatic carbocycles. The van der Waals surface area contributed by atoms with Crippen LogP contribution < -0.4 is 5.32 Å². The Labute approximate surface area is 66.1 Å². The summed E-state index contributed by atoms with van der Waals surface area (Å²) in [6.45, 7) is 0.404. The molecule has 2 fully saturated rings. The molecular formula is C8H13NO2. The highest BCUT2D eigenvalue weighted by molar-refractivity contribution is 5.72. The Balaban J connectivity index is 1.98. The zero-order chi connectivity index (χ0) is 7.68. The molecule has 1 saturated carbocycles. The lowest BCUT2D eigenvalue weighted by Crippen LogP contribution is -2.51. The Kier molecular flexibility index (Phi) is 1.82. The fourth-order valence-electron chi connectivity index (χ4n) is 1.90. The van der Waals surface area contributed by atoms with Crippen LogP contribution in [0.15, 0.2) is 0 Å². The largest absolute Gasteiger partial charge is 0.460 e. The number of fused-ring (bicyclic) bond motifs is 1. The average Bonchev–Trinajstić information content (AvgIpc) is 2.04. The SMILES string of the molecule is O=C1CN[C@@H]2CCCC[C@@H]2O1. The molecule has 0 aromatic rings. The second-order valence-electron chi connectivity index (χ2n) is 3.30. The van der Waals surface area contributed by atoms with E-state index in [0.717, 1.165) is 12.8 Å². The van der Waals surface area contributed by atoms with Crippen molar-refractivity contribution >= 4 is 5.97 Å². The van der Waals surface area contributed by atoms with Crippen LogP contribution in [0.3, 0.4) is 0 Å². The number of carbonyl (C=O) groups is 1. The molecule has 0 bridgehead atoms. The molecule has 0 radical (unpaired) electrons. The van der Waals surface area contributed by atoms with Crippen LogP contribution >= 0.6 is 0 Å². The summed E-state index contributed by atoms with van der Waals surface area (Å²) in [5, 5.41) is 3.20. The zero-order valence-electron chi connectivity index (χ0n) is 6.51. The lowest BCUT2D eigenvalue weighted by atomic mass is 9.91. The molecule has 1 saturated heterocycles. The van der Waals surface area contributed by atoms with Gasteiger partial charge in [-0.2, -0.15) is 0 Å². The van der Waals surface area contributed by atoms with Gasteiger partial charge in [0, 0.05) is 6.04 Å². The minimum Gasteiger partial charge on any atom is -0.460 e. The molecule has 62 valence electrons. The first kappa shape index (κ1) is 7.10. The van der Waals surface area contributed by atoms with Crippen molar-refractivity contribution < 1.29 is 9.53 Å². The Morgan fingerprint density at radius 1 is 1.36 bits per heavy atom. The van der Waals surface area contributed by atoms with Crippen molar-refractivity contribution in [1.29, 1.82) is 0 Å². The van der Waals surface area contributed by atoms with Gasteiger partial charge in [-0.3, -0.25) is 4.79 Å². The zero-order valence-corrected chi connectivity index (χ0v) is 6.51. The van der Waals surface area contributed by atoms with Crippen LogP contribution in [0.1, 0.15) is 25.7 Å². The Bertz CT molecular complexity index is 169. The minimum atomic E-state index is -0.0897. The Hall–Kier alpha value is -0.570. The summed E-state index contributed by atoms with van der Waals surface area (Å²) in [6, 6.07) is 0.446. The summed E-state index contributed by atoms with van der Waals surface area (Å²) in [5.41, 5.74) is 0. The van der Waals surface area contributed by atoms with Gasteiger partial charge in [-0.1, -0.05) is 6.42 Å². The van der Waals surface area contributed by atoms with E-state index in [-0.39, 0.29) is 12.1 Å². The van der Waals surface area contributed by atoms with Gasteiger partial charge in [0.1, 0.15) is 6.10 Å². The van der Waals surface area contributed by atoms with Crippen LogP contribution in [0.2, 0.25) is 0 Å². The maximum atomic E-state index is 10.8. The fourth-order valence-corrected chi connectivity index (χ4v) is 1.90. The molecule has 3 nitrogen and oxygen atoms in total. The van der Waals surface area contributed by atoms with Crippen molar-refractivity contribution in [1.82, 2.24) is 5.32 Å². The number of hydrogen-bond acceptors (Lipinski definition) is 3. The maximum absolute atomic E-state index is 10.8. The highest BCUT2D eigenvalue weighted by Crippen LogP contribution is 2.23. The third kappa shape index (κ3) is 1.38. The van der Waals surface area contributed by atoms with Crippen molar-refractivity contribution in [2.45, 2.75) is 37.8 Å². The fraction of sp³-hybridized carbons (Fsp3) is 0.875. The molecule has 0 aromatic heterocycles. The number of ether oxygens (including phenoxy) is 1. The average molecular weight is 155 g/mol. The van der Waals surface area contributed by atoms with Crippen LogP contribution in [0.25, 0.3) is 0 Å².